The van der Waals surface area contributed by atoms with E-state index in [2.05, 4.69) is 16.4 Å². The fourth-order valence-corrected chi connectivity index (χ4v) is 0.491. The molecule has 0 aliphatic heterocycles. The summed E-state index contributed by atoms with van der Waals surface area (Å²) < 4.78 is 1.68. The number of hydrogen-bond acceptors (Lipinski definition) is 2. The van der Waals surface area contributed by atoms with Gasteiger partial charge >= 0.3 is 0 Å². The van der Waals surface area contributed by atoms with Crippen molar-refractivity contribution in [1.82, 2.24) is 14.8 Å². The Kier molecular flexibility index (Phi) is 1.28. The highest BCUT2D eigenvalue weighted by molar-refractivity contribution is 4.72. The van der Waals surface area contributed by atoms with Crippen LogP contribution in [0.1, 0.15) is 12.7 Å². The molecule has 0 atom stereocenters. The maximum atomic E-state index is 3.98. The lowest BCUT2D eigenvalue weighted by Gasteiger charge is -1.85. The maximum absolute atomic E-state index is 3.98. The van der Waals surface area contributed by atoms with Gasteiger partial charge < -0.3 is 0 Å². The van der Waals surface area contributed by atoms with Crippen molar-refractivity contribution < 1.29 is 0 Å². The maximum Gasteiger partial charge on any atom is 0.196 e. The molecule has 1 aromatic rings. The van der Waals surface area contributed by atoms with Crippen LogP contribution in [0.3, 0.4) is 0 Å². The second-order valence-electron chi connectivity index (χ2n) is 1.57. The van der Waals surface area contributed by atoms with Crippen molar-refractivity contribution in [3.05, 3.63) is 12.2 Å². The van der Waals surface area contributed by atoms with Gasteiger partial charge in [-0.15, -0.1) is 0 Å². The summed E-state index contributed by atoms with van der Waals surface area (Å²) in [4.78, 5) is 3.81. The molecule has 0 saturated heterocycles. The SMILES string of the molecule is CCn1[c]nc(C)n1. The van der Waals surface area contributed by atoms with Crippen LogP contribution in [0.2, 0.25) is 0 Å². The van der Waals surface area contributed by atoms with E-state index in [-0.39, 0.29) is 0 Å². The Labute approximate surface area is 48.4 Å². The normalized spacial score (nSPS) is 9.75. The molecular weight excluding hydrogens is 102 g/mol. The molecule has 1 heterocycles. The highest BCUT2D eigenvalue weighted by Gasteiger charge is 1.89. The van der Waals surface area contributed by atoms with Gasteiger partial charge in [0.25, 0.3) is 0 Å². The zero-order valence-corrected chi connectivity index (χ0v) is 5.05. The van der Waals surface area contributed by atoms with E-state index in [4.69, 9.17) is 0 Å². The standard InChI is InChI=1S/C5H8N3/c1-3-8-4-6-5(2)7-8/h3H2,1-2H3. The molecule has 43 valence electrons. The highest BCUT2D eigenvalue weighted by atomic mass is 15.3. The molecule has 1 rings (SSSR count). The number of nitrogens with zero attached hydrogens (tertiary/aromatic N) is 3. The molecule has 1 radical (unpaired) electrons. The minimum atomic E-state index is 0.784. The lowest BCUT2D eigenvalue weighted by Crippen LogP contribution is -1.93. The van der Waals surface area contributed by atoms with Crippen molar-refractivity contribution in [3.8, 4) is 0 Å². The van der Waals surface area contributed by atoms with Crippen LogP contribution in [0.4, 0.5) is 0 Å². The monoisotopic (exact) mass is 110 g/mol. The summed E-state index contributed by atoms with van der Waals surface area (Å²) in [5, 5.41) is 3.98. The molecule has 0 saturated carbocycles. The van der Waals surface area contributed by atoms with Gasteiger partial charge in [-0.05, 0) is 13.8 Å². The molecule has 0 N–H and O–H groups in total. The molecule has 3 nitrogen and oxygen atoms in total. The van der Waals surface area contributed by atoms with Gasteiger partial charge in [-0.2, -0.15) is 5.10 Å². The molecule has 0 aliphatic rings. The Morgan fingerprint density at radius 1 is 1.75 bits per heavy atom. The smallest absolute Gasteiger partial charge is 0.196 e. The third kappa shape index (κ3) is 0.857. The third-order valence-corrected chi connectivity index (χ3v) is 0.892. The van der Waals surface area contributed by atoms with Crippen molar-refractivity contribution >= 4 is 0 Å². The predicted octanol–water partition coefficient (Wildman–Crippen LogP) is 0.407. The van der Waals surface area contributed by atoms with Crippen LogP contribution in [-0.4, -0.2) is 14.8 Å². The fraction of sp³-hybridized carbons (Fsp3) is 0.600. The highest BCUT2D eigenvalue weighted by Crippen LogP contribution is 1.82. The average Bonchev–Trinajstić information content (AvgIpc) is 2.14. The van der Waals surface area contributed by atoms with E-state index in [0.717, 1.165) is 12.4 Å². The summed E-state index contributed by atoms with van der Waals surface area (Å²) in [7, 11) is 0. The van der Waals surface area contributed by atoms with E-state index in [1.54, 1.807) is 4.68 Å². The minimum Gasteiger partial charge on any atom is -0.243 e. The Hall–Kier alpha value is -0.860. The Morgan fingerprint density at radius 2 is 2.50 bits per heavy atom. The molecule has 8 heavy (non-hydrogen) atoms. The van der Waals surface area contributed by atoms with Crippen LogP contribution < -0.4 is 0 Å². The van der Waals surface area contributed by atoms with Crippen molar-refractivity contribution in [2.24, 2.45) is 0 Å². The summed E-state index contributed by atoms with van der Waals surface area (Å²) in [5.41, 5.74) is 0. The lowest BCUT2D eigenvalue weighted by atomic mass is 10.8. The summed E-state index contributed by atoms with van der Waals surface area (Å²) >= 11 is 0. The first kappa shape index (κ1) is 5.28. The fourth-order valence-electron chi connectivity index (χ4n) is 0.491. The van der Waals surface area contributed by atoms with Gasteiger partial charge in [-0.1, -0.05) is 0 Å². The van der Waals surface area contributed by atoms with Gasteiger partial charge in [0.15, 0.2) is 6.33 Å². The first-order valence-corrected chi connectivity index (χ1v) is 2.62. The van der Waals surface area contributed by atoms with Crippen LogP contribution in [0.15, 0.2) is 0 Å². The Bertz CT molecular complexity index is 168. The second-order valence-corrected chi connectivity index (χ2v) is 1.57. The summed E-state index contributed by atoms with van der Waals surface area (Å²) in [6, 6.07) is 0. The van der Waals surface area contributed by atoms with Crippen LogP contribution in [0, 0.1) is 13.3 Å². The van der Waals surface area contributed by atoms with Crippen LogP contribution in [0.25, 0.3) is 0 Å². The average molecular weight is 110 g/mol. The van der Waals surface area contributed by atoms with Crippen molar-refractivity contribution in [3.63, 3.8) is 0 Å². The molecule has 0 amide bonds. The molecule has 0 aromatic carbocycles. The quantitative estimate of drug-likeness (QED) is 0.524. The van der Waals surface area contributed by atoms with Crippen molar-refractivity contribution in [2.75, 3.05) is 0 Å². The van der Waals surface area contributed by atoms with Gasteiger partial charge in [0.2, 0.25) is 0 Å². The number of rotatable bonds is 1. The van der Waals surface area contributed by atoms with Gasteiger partial charge in [-0.3, -0.25) is 0 Å². The van der Waals surface area contributed by atoms with Crippen molar-refractivity contribution in [2.45, 2.75) is 20.4 Å². The zero-order valence-electron chi connectivity index (χ0n) is 5.05. The molecule has 3 heteroatoms. The second kappa shape index (κ2) is 1.94. The molecular formula is C5H8N3. The molecule has 0 aliphatic carbocycles. The molecule has 0 unspecified atom stereocenters. The lowest BCUT2D eigenvalue weighted by molar-refractivity contribution is 0.647. The summed E-state index contributed by atoms with van der Waals surface area (Å²) in [6.07, 6.45) is 2.71. The number of aromatic nitrogens is 3. The van der Waals surface area contributed by atoms with E-state index in [0.29, 0.717) is 0 Å². The third-order valence-electron chi connectivity index (χ3n) is 0.892. The first-order chi connectivity index (χ1) is 3.83. The Balaban J connectivity index is 2.84. The van der Waals surface area contributed by atoms with Crippen LogP contribution in [0.5, 0.6) is 0 Å². The molecule has 0 bridgehead atoms. The molecule has 0 spiro atoms. The van der Waals surface area contributed by atoms with E-state index >= 15 is 0 Å². The van der Waals surface area contributed by atoms with E-state index in [1.807, 2.05) is 13.8 Å². The van der Waals surface area contributed by atoms with Crippen LogP contribution in [-0.2, 0) is 6.54 Å². The van der Waals surface area contributed by atoms with E-state index < -0.39 is 0 Å². The predicted molar refractivity (Wildman–Crippen MR) is 29.3 cm³/mol. The summed E-state index contributed by atoms with van der Waals surface area (Å²) in [6.45, 7) is 4.70. The number of hydrogen-bond donors (Lipinski definition) is 0. The van der Waals surface area contributed by atoms with E-state index in [1.165, 1.54) is 0 Å². The van der Waals surface area contributed by atoms with Gasteiger partial charge in [-0.25, -0.2) is 9.67 Å². The minimum absolute atomic E-state index is 0.784. The molecule has 0 fully saturated rings. The van der Waals surface area contributed by atoms with Gasteiger partial charge in [0.1, 0.15) is 5.82 Å². The molecule has 1 aromatic heterocycles. The topological polar surface area (TPSA) is 30.7 Å². The number of aryl methyl sites for hydroxylation is 2. The van der Waals surface area contributed by atoms with Gasteiger partial charge in [0, 0.05) is 6.54 Å². The van der Waals surface area contributed by atoms with Gasteiger partial charge in [0.05, 0.1) is 0 Å². The van der Waals surface area contributed by atoms with Crippen LogP contribution >= 0.6 is 0 Å². The largest absolute Gasteiger partial charge is 0.243 e. The Morgan fingerprint density at radius 3 is 2.75 bits per heavy atom. The summed E-state index contributed by atoms with van der Waals surface area (Å²) in [5.74, 6) is 0.784. The van der Waals surface area contributed by atoms with E-state index in [9.17, 15) is 0 Å². The first-order valence-electron chi connectivity index (χ1n) is 2.62. The zero-order chi connectivity index (χ0) is 5.98. The van der Waals surface area contributed by atoms with Crippen molar-refractivity contribution in [1.29, 1.82) is 0 Å².